The van der Waals surface area contributed by atoms with Crippen LogP contribution in [0, 0.1) is 0 Å². The van der Waals surface area contributed by atoms with E-state index in [0.717, 1.165) is 12.0 Å². The molecule has 1 aliphatic rings. The third kappa shape index (κ3) is 3.01. The highest BCUT2D eigenvalue weighted by Gasteiger charge is 2.33. The Labute approximate surface area is 130 Å². The van der Waals surface area contributed by atoms with Gasteiger partial charge in [0.15, 0.2) is 0 Å². The van der Waals surface area contributed by atoms with Crippen molar-refractivity contribution in [3.05, 3.63) is 22.7 Å². The first-order valence-electron chi connectivity index (χ1n) is 7.02. The number of thiophene rings is 1. The van der Waals surface area contributed by atoms with E-state index in [1.165, 1.54) is 4.90 Å². The Balaban J connectivity index is 1.58. The minimum absolute atomic E-state index is 0.176. The summed E-state index contributed by atoms with van der Waals surface area (Å²) in [6, 6.07) is 1.20. The van der Waals surface area contributed by atoms with Gasteiger partial charge in [0.25, 0.3) is 0 Å². The van der Waals surface area contributed by atoms with Gasteiger partial charge in [-0.2, -0.15) is 16.3 Å². The zero-order valence-electron chi connectivity index (χ0n) is 11.8. The van der Waals surface area contributed by atoms with Gasteiger partial charge in [-0.05, 0) is 24.3 Å². The van der Waals surface area contributed by atoms with Crippen LogP contribution in [0.4, 0.5) is 0 Å². The van der Waals surface area contributed by atoms with Crippen molar-refractivity contribution in [3.63, 3.8) is 0 Å². The van der Waals surface area contributed by atoms with Crippen molar-refractivity contribution < 1.29 is 19.2 Å². The van der Waals surface area contributed by atoms with Crippen molar-refractivity contribution in [1.82, 2.24) is 15.0 Å². The normalized spacial score (nSPS) is 17.8. The Morgan fingerprint density at radius 2 is 2.36 bits per heavy atom. The summed E-state index contributed by atoms with van der Waals surface area (Å²) < 4.78 is 5.13. The summed E-state index contributed by atoms with van der Waals surface area (Å²) in [5.41, 5.74) is 0.886. The lowest BCUT2D eigenvalue weighted by Gasteiger charge is -2.20. The van der Waals surface area contributed by atoms with E-state index in [0.29, 0.717) is 31.1 Å². The SMILES string of the molecule is O=C(O)[C@@H]1CCCN1C(=O)CCc1nc(-c2ccsc2)no1. The summed E-state index contributed by atoms with van der Waals surface area (Å²) in [6.07, 6.45) is 1.74. The number of amides is 1. The zero-order chi connectivity index (χ0) is 15.5. The lowest BCUT2D eigenvalue weighted by molar-refractivity contribution is -0.148. The molecular formula is C14H15N3O4S. The summed E-state index contributed by atoms with van der Waals surface area (Å²) in [4.78, 5) is 28.9. The molecule has 0 aliphatic carbocycles. The van der Waals surface area contributed by atoms with Gasteiger partial charge >= 0.3 is 5.97 Å². The van der Waals surface area contributed by atoms with Gasteiger partial charge in [-0.3, -0.25) is 4.79 Å². The fourth-order valence-electron chi connectivity index (χ4n) is 2.54. The van der Waals surface area contributed by atoms with Crippen molar-refractivity contribution in [2.75, 3.05) is 6.54 Å². The molecule has 1 N–H and O–H groups in total. The minimum Gasteiger partial charge on any atom is -0.480 e. The number of nitrogens with zero attached hydrogens (tertiary/aromatic N) is 3. The number of rotatable bonds is 5. The number of carbonyl (C=O) groups excluding carboxylic acids is 1. The van der Waals surface area contributed by atoms with E-state index in [4.69, 9.17) is 9.63 Å². The summed E-state index contributed by atoms with van der Waals surface area (Å²) in [5.74, 6) is -0.225. The first-order valence-corrected chi connectivity index (χ1v) is 7.97. The second-order valence-electron chi connectivity index (χ2n) is 5.11. The van der Waals surface area contributed by atoms with E-state index in [-0.39, 0.29) is 12.3 Å². The van der Waals surface area contributed by atoms with Crippen molar-refractivity contribution in [3.8, 4) is 11.4 Å². The van der Waals surface area contributed by atoms with E-state index < -0.39 is 12.0 Å². The Bertz CT molecular complexity index is 667. The Kier molecular flexibility index (Phi) is 4.19. The Morgan fingerprint density at radius 3 is 3.09 bits per heavy atom. The Morgan fingerprint density at radius 1 is 1.50 bits per heavy atom. The third-order valence-electron chi connectivity index (χ3n) is 3.66. The van der Waals surface area contributed by atoms with Crippen molar-refractivity contribution in [2.24, 2.45) is 0 Å². The van der Waals surface area contributed by atoms with E-state index >= 15 is 0 Å². The molecule has 22 heavy (non-hydrogen) atoms. The summed E-state index contributed by atoms with van der Waals surface area (Å²) in [5, 5.41) is 16.8. The number of carbonyl (C=O) groups is 2. The number of hydrogen-bond acceptors (Lipinski definition) is 6. The average molecular weight is 321 g/mol. The number of aryl methyl sites for hydroxylation is 1. The molecule has 0 spiro atoms. The highest BCUT2D eigenvalue weighted by atomic mass is 32.1. The smallest absolute Gasteiger partial charge is 0.326 e. The van der Waals surface area contributed by atoms with Crippen LogP contribution in [0.3, 0.4) is 0 Å². The molecule has 8 heteroatoms. The van der Waals surface area contributed by atoms with Gasteiger partial charge in [-0.25, -0.2) is 4.79 Å². The molecule has 0 unspecified atom stereocenters. The average Bonchev–Trinajstić information content (AvgIpc) is 3.23. The maximum absolute atomic E-state index is 12.1. The predicted octanol–water partition coefficient (Wildman–Crippen LogP) is 1.81. The zero-order valence-corrected chi connectivity index (χ0v) is 12.6. The van der Waals surface area contributed by atoms with E-state index in [1.807, 2.05) is 16.8 Å². The summed E-state index contributed by atoms with van der Waals surface area (Å²) in [7, 11) is 0. The van der Waals surface area contributed by atoms with Crippen LogP contribution < -0.4 is 0 Å². The highest BCUT2D eigenvalue weighted by Crippen LogP contribution is 2.21. The second-order valence-corrected chi connectivity index (χ2v) is 5.89. The van der Waals surface area contributed by atoms with Crippen LogP contribution in [0.25, 0.3) is 11.4 Å². The van der Waals surface area contributed by atoms with Crippen LogP contribution in [0.15, 0.2) is 21.3 Å². The van der Waals surface area contributed by atoms with Gasteiger partial charge < -0.3 is 14.5 Å². The van der Waals surface area contributed by atoms with Gasteiger partial charge in [0, 0.05) is 30.3 Å². The van der Waals surface area contributed by atoms with Crippen molar-refractivity contribution in [2.45, 2.75) is 31.7 Å². The van der Waals surface area contributed by atoms with Crippen LogP contribution in [0.1, 0.15) is 25.2 Å². The molecule has 1 saturated heterocycles. The van der Waals surface area contributed by atoms with Gasteiger partial charge in [0.2, 0.25) is 17.6 Å². The number of aliphatic carboxylic acids is 1. The highest BCUT2D eigenvalue weighted by molar-refractivity contribution is 7.08. The molecule has 2 aromatic rings. The number of carboxylic acids is 1. The first kappa shape index (κ1) is 14.7. The molecule has 1 amide bonds. The van der Waals surface area contributed by atoms with Gasteiger partial charge in [0.05, 0.1) is 0 Å². The van der Waals surface area contributed by atoms with Crippen molar-refractivity contribution in [1.29, 1.82) is 0 Å². The Hall–Kier alpha value is -2.22. The minimum atomic E-state index is -0.941. The molecule has 0 aromatic carbocycles. The molecule has 2 aromatic heterocycles. The molecule has 1 fully saturated rings. The summed E-state index contributed by atoms with van der Waals surface area (Å²) >= 11 is 1.54. The van der Waals surface area contributed by atoms with Crippen LogP contribution in [-0.4, -0.2) is 44.6 Å². The molecule has 116 valence electrons. The maximum atomic E-state index is 12.1. The van der Waals surface area contributed by atoms with E-state index in [2.05, 4.69) is 10.1 Å². The number of likely N-dealkylation sites (tertiary alicyclic amines) is 1. The molecule has 3 rings (SSSR count). The molecule has 3 heterocycles. The van der Waals surface area contributed by atoms with Gasteiger partial charge in [-0.1, -0.05) is 5.16 Å². The lowest BCUT2D eigenvalue weighted by atomic mass is 10.2. The number of aromatic nitrogens is 2. The molecular weight excluding hydrogens is 306 g/mol. The predicted molar refractivity (Wildman–Crippen MR) is 78.3 cm³/mol. The first-order chi connectivity index (χ1) is 10.6. The van der Waals surface area contributed by atoms with E-state index in [9.17, 15) is 9.59 Å². The van der Waals surface area contributed by atoms with Crippen LogP contribution in [0.2, 0.25) is 0 Å². The number of hydrogen-bond donors (Lipinski definition) is 1. The molecule has 1 atom stereocenters. The van der Waals surface area contributed by atoms with Crippen LogP contribution >= 0.6 is 11.3 Å². The standard InChI is InChI=1S/C14H15N3O4S/c18-12(17-6-1-2-10(17)14(19)20)4-3-11-15-13(16-21-11)9-5-7-22-8-9/h5,7-8,10H,1-4,6H2,(H,19,20)/t10-/m0/s1. The van der Waals surface area contributed by atoms with Crippen LogP contribution in [0.5, 0.6) is 0 Å². The third-order valence-corrected chi connectivity index (χ3v) is 4.34. The van der Waals surface area contributed by atoms with Crippen molar-refractivity contribution >= 4 is 23.2 Å². The van der Waals surface area contributed by atoms with Crippen LogP contribution in [-0.2, 0) is 16.0 Å². The quantitative estimate of drug-likeness (QED) is 0.902. The lowest BCUT2D eigenvalue weighted by Crippen LogP contribution is -2.40. The molecule has 0 radical (unpaired) electrons. The van der Waals surface area contributed by atoms with Gasteiger partial charge in [0.1, 0.15) is 6.04 Å². The molecule has 0 bridgehead atoms. The second kappa shape index (κ2) is 6.27. The topological polar surface area (TPSA) is 96.5 Å². The van der Waals surface area contributed by atoms with Gasteiger partial charge in [-0.15, -0.1) is 0 Å². The monoisotopic (exact) mass is 321 g/mol. The molecule has 7 nitrogen and oxygen atoms in total. The fourth-order valence-corrected chi connectivity index (χ4v) is 3.18. The van der Waals surface area contributed by atoms with E-state index in [1.54, 1.807) is 11.3 Å². The molecule has 0 saturated carbocycles. The summed E-state index contributed by atoms with van der Waals surface area (Å²) in [6.45, 7) is 0.500. The number of carboxylic acid groups (broad SMARTS) is 1. The molecule has 1 aliphatic heterocycles. The fraction of sp³-hybridized carbons (Fsp3) is 0.429. The maximum Gasteiger partial charge on any atom is 0.326 e. The largest absolute Gasteiger partial charge is 0.480 e.